The van der Waals surface area contributed by atoms with Crippen LogP contribution in [-0.2, 0) is 19.0 Å². The van der Waals surface area contributed by atoms with Crippen molar-refractivity contribution in [3.8, 4) is 0 Å². The van der Waals surface area contributed by atoms with Crippen molar-refractivity contribution in [3.63, 3.8) is 0 Å². The summed E-state index contributed by atoms with van der Waals surface area (Å²) in [6, 6.07) is 2.05. The lowest BCUT2D eigenvalue weighted by Gasteiger charge is -2.34. The Morgan fingerprint density at radius 1 is 1.17 bits per heavy atom. The highest BCUT2D eigenvalue weighted by Crippen LogP contribution is 2.31. The number of ether oxygens (including phenoxy) is 3. The summed E-state index contributed by atoms with van der Waals surface area (Å²) in [5.41, 5.74) is 6.37. The molecule has 2 N–H and O–H groups in total. The lowest BCUT2D eigenvalue weighted by molar-refractivity contribution is -0.115. The number of nitrogens with zero attached hydrogens (tertiary/aromatic N) is 4. The van der Waals surface area contributed by atoms with Gasteiger partial charge < -0.3 is 34.6 Å². The van der Waals surface area contributed by atoms with E-state index in [-0.39, 0.29) is 23.8 Å². The summed E-state index contributed by atoms with van der Waals surface area (Å²) >= 11 is 0. The van der Waals surface area contributed by atoms with E-state index >= 15 is 0 Å². The van der Waals surface area contributed by atoms with Gasteiger partial charge in [0.2, 0.25) is 5.91 Å². The minimum atomic E-state index is -0.253. The SMILES string of the molecule is C=CC(=O)N/C1=C/C(N2CCOC(C)C2)=C\CC=C(Nc2cc(N(CC)/C(=N\CC)C(=C)C(=C)C(C=C(/C=C(/OC)C(C)CC)OC)CC)c(C)cn2)C1. The fraction of sp³-hybridized carbons (Fsp3) is 0.477. The average molecular weight is 741 g/mol. The zero-order chi connectivity index (χ0) is 39.8. The van der Waals surface area contributed by atoms with Crippen molar-refractivity contribution in [3.05, 3.63) is 114 Å². The highest BCUT2D eigenvalue weighted by atomic mass is 16.5. The molecule has 2 aliphatic rings. The minimum absolute atomic E-state index is 0.0356. The van der Waals surface area contributed by atoms with Crippen LogP contribution in [0.3, 0.4) is 0 Å². The summed E-state index contributed by atoms with van der Waals surface area (Å²) in [4.78, 5) is 26.7. The van der Waals surface area contributed by atoms with E-state index in [2.05, 4.69) is 106 Å². The highest BCUT2D eigenvalue weighted by molar-refractivity contribution is 6.12. The van der Waals surface area contributed by atoms with Gasteiger partial charge in [0.15, 0.2) is 0 Å². The number of hydrogen-bond acceptors (Lipinski definition) is 8. The summed E-state index contributed by atoms with van der Waals surface area (Å²) in [6.45, 7) is 30.9. The van der Waals surface area contributed by atoms with E-state index in [1.165, 1.54) is 6.08 Å². The molecular formula is C44H64N6O4. The molecule has 0 saturated carbocycles. The van der Waals surface area contributed by atoms with Crippen LogP contribution in [0.5, 0.6) is 0 Å². The van der Waals surface area contributed by atoms with E-state index in [1.807, 2.05) is 25.3 Å². The van der Waals surface area contributed by atoms with E-state index in [9.17, 15) is 4.79 Å². The number of aliphatic imine (C=N–C) groups is 1. The van der Waals surface area contributed by atoms with Crippen molar-refractivity contribution in [1.29, 1.82) is 0 Å². The molecule has 3 atom stereocenters. The van der Waals surface area contributed by atoms with E-state index in [0.717, 1.165) is 89.2 Å². The van der Waals surface area contributed by atoms with Gasteiger partial charge in [-0.2, -0.15) is 0 Å². The third-order valence-electron chi connectivity index (χ3n) is 9.77. The number of hydrogen-bond donors (Lipinski definition) is 2. The van der Waals surface area contributed by atoms with Gasteiger partial charge in [0.05, 0.1) is 32.6 Å². The van der Waals surface area contributed by atoms with Crippen molar-refractivity contribution in [2.45, 2.75) is 80.3 Å². The number of methoxy groups -OCH3 is 2. The van der Waals surface area contributed by atoms with E-state index in [1.54, 1.807) is 14.2 Å². The minimum Gasteiger partial charge on any atom is -0.501 e. The van der Waals surface area contributed by atoms with Crippen LogP contribution >= 0.6 is 0 Å². The Labute approximate surface area is 324 Å². The third kappa shape index (κ3) is 12.1. The number of carbonyl (C=O) groups is 1. The maximum atomic E-state index is 12.5. The molecule has 0 bridgehead atoms. The summed E-state index contributed by atoms with van der Waals surface area (Å²) in [6.07, 6.45) is 16.7. The van der Waals surface area contributed by atoms with Gasteiger partial charge in [-0.05, 0) is 76.3 Å². The first-order valence-electron chi connectivity index (χ1n) is 19.3. The van der Waals surface area contributed by atoms with Crippen LogP contribution in [0.2, 0.25) is 0 Å². The number of likely N-dealkylation sites (N-methyl/N-ethyl adjacent to an activating group) is 1. The molecule has 1 amide bonds. The molecule has 0 aromatic carbocycles. The molecule has 10 nitrogen and oxygen atoms in total. The van der Waals surface area contributed by atoms with Crippen LogP contribution < -0.4 is 15.5 Å². The number of morpholine rings is 1. The Bertz CT molecular complexity index is 1680. The van der Waals surface area contributed by atoms with Crippen molar-refractivity contribution in [1.82, 2.24) is 15.2 Å². The first-order chi connectivity index (χ1) is 25.9. The van der Waals surface area contributed by atoms with Crippen LogP contribution in [0.25, 0.3) is 0 Å². The topological polar surface area (TPSA) is 101 Å². The number of amidine groups is 1. The molecule has 10 heteroatoms. The second-order valence-electron chi connectivity index (χ2n) is 13.6. The first-order valence-corrected chi connectivity index (χ1v) is 19.3. The van der Waals surface area contributed by atoms with Gasteiger partial charge in [0, 0.05) is 85.4 Å². The normalized spacial score (nSPS) is 20.1. The first kappa shape index (κ1) is 43.6. The molecule has 0 radical (unpaired) electrons. The summed E-state index contributed by atoms with van der Waals surface area (Å²) in [7, 11) is 3.38. The number of pyridine rings is 1. The lowest BCUT2D eigenvalue weighted by Crippen LogP contribution is -2.40. The molecule has 0 spiro atoms. The maximum absolute atomic E-state index is 12.5. The number of aryl methyl sites for hydroxylation is 1. The number of anilines is 2. The number of rotatable bonds is 18. The fourth-order valence-corrected chi connectivity index (χ4v) is 6.46. The summed E-state index contributed by atoms with van der Waals surface area (Å²) < 4.78 is 17.3. The van der Waals surface area contributed by atoms with Crippen LogP contribution in [0, 0.1) is 18.8 Å². The van der Waals surface area contributed by atoms with E-state index in [0.29, 0.717) is 31.9 Å². The molecule has 3 rings (SSSR count). The van der Waals surface area contributed by atoms with Crippen molar-refractivity contribution >= 4 is 23.2 Å². The van der Waals surface area contributed by atoms with E-state index < -0.39 is 0 Å². The monoisotopic (exact) mass is 740 g/mol. The largest absolute Gasteiger partial charge is 0.501 e. The number of aromatic nitrogens is 1. The zero-order valence-corrected chi connectivity index (χ0v) is 34.3. The van der Waals surface area contributed by atoms with Gasteiger partial charge in [-0.15, -0.1) is 0 Å². The Kier molecular flexibility index (Phi) is 17.6. The predicted molar refractivity (Wildman–Crippen MR) is 224 cm³/mol. The molecule has 2 heterocycles. The van der Waals surface area contributed by atoms with E-state index in [4.69, 9.17) is 24.2 Å². The van der Waals surface area contributed by atoms with Crippen molar-refractivity contribution < 1.29 is 19.0 Å². The molecule has 3 unspecified atom stereocenters. The zero-order valence-electron chi connectivity index (χ0n) is 34.3. The van der Waals surface area contributed by atoms with Crippen LogP contribution in [0.15, 0.2) is 113 Å². The number of amides is 1. The Morgan fingerprint density at radius 2 is 1.93 bits per heavy atom. The summed E-state index contributed by atoms with van der Waals surface area (Å²) in [5, 5.41) is 6.58. The molecule has 54 heavy (non-hydrogen) atoms. The van der Waals surface area contributed by atoms with Crippen LogP contribution in [-0.4, -0.2) is 74.7 Å². The number of allylic oxidation sites excluding steroid dienone is 6. The highest BCUT2D eigenvalue weighted by Gasteiger charge is 2.24. The standard InChI is InChI=1S/C44H64N6O4/c1-13-30(6)41(53-12)26-39(52-11)23-35(14-2)33(9)34(10)44(45-16-4)50(17-5)40-27-42(46-28-31(40)7)47-36-19-18-20-38(49-21-22-54-32(8)29-49)25-37(24-36)48-43(51)15-3/h15,19-20,23,25-28,30,32,35H,3,9-10,13-14,16-18,21-22,24,29H2,1-2,4-8,11-12H3,(H,46,47)(H,48,51)/b36-19?,37-25+,38-20+,39-23?,41-26+,45-44-. The second kappa shape index (κ2) is 21.8. The van der Waals surface area contributed by atoms with Gasteiger partial charge >= 0.3 is 0 Å². The Morgan fingerprint density at radius 3 is 2.54 bits per heavy atom. The smallest absolute Gasteiger partial charge is 0.247 e. The van der Waals surface area contributed by atoms with Gasteiger partial charge in [0.25, 0.3) is 0 Å². The quantitative estimate of drug-likeness (QED) is 0.0507. The van der Waals surface area contributed by atoms with Crippen molar-refractivity contribution in [2.24, 2.45) is 16.8 Å². The van der Waals surface area contributed by atoms with Gasteiger partial charge in [0.1, 0.15) is 23.2 Å². The van der Waals surface area contributed by atoms with Gasteiger partial charge in [-0.25, -0.2) is 4.98 Å². The average Bonchev–Trinajstić information content (AvgIpc) is 3.16. The maximum Gasteiger partial charge on any atom is 0.247 e. The molecule has 1 aliphatic carbocycles. The molecule has 1 aromatic rings. The number of nitrogens with one attached hydrogen (secondary N) is 2. The summed E-state index contributed by atoms with van der Waals surface area (Å²) in [5.74, 6) is 3.03. The Hall–Kier alpha value is -4.83. The van der Waals surface area contributed by atoms with Crippen LogP contribution in [0.4, 0.5) is 11.5 Å². The lowest BCUT2D eigenvalue weighted by atomic mass is 9.90. The predicted octanol–water partition coefficient (Wildman–Crippen LogP) is 8.76. The van der Waals surface area contributed by atoms with Gasteiger partial charge in [-0.1, -0.05) is 52.7 Å². The van der Waals surface area contributed by atoms with Gasteiger partial charge in [-0.3, -0.25) is 9.79 Å². The fourth-order valence-electron chi connectivity index (χ4n) is 6.46. The molecule has 1 aromatic heterocycles. The van der Waals surface area contributed by atoms with Crippen molar-refractivity contribution in [2.75, 3.05) is 57.2 Å². The molecule has 1 saturated heterocycles. The second-order valence-corrected chi connectivity index (χ2v) is 13.6. The molecule has 1 aliphatic heterocycles. The third-order valence-corrected chi connectivity index (χ3v) is 9.77. The molecule has 294 valence electrons. The van der Waals surface area contributed by atoms with Crippen LogP contribution in [0.1, 0.15) is 72.8 Å². The molecule has 1 fully saturated rings. The number of carbonyl (C=O) groups excluding carboxylic acids is 1. The Balaban J connectivity index is 1.94. The molecular weight excluding hydrogens is 677 g/mol.